The molecule has 21 heavy (non-hydrogen) atoms. The quantitative estimate of drug-likeness (QED) is 0.795. The van der Waals surface area contributed by atoms with Gasteiger partial charge in [-0.25, -0.2) is 9.78 Å². The van der Waals surface area contributed by atoms with Gasteiger partial charge in [-0.15, -0.1) is 0 Å². The van der Waals surface area contributed by atoms with Crippen LogP contribution < -0.4 is 5.56 Å². The van der Waals surface area contributed by atoms with Gasteiger partial charge in [-0.1, -0.05) is 6.07 Å². The van der Waals surface area contributed by atoms with E-state index in [2.05, 4.69) is 9.97 Å². The van der Waals surface area contributed by atoms with Crippen molar-refractivity contribution in [3.8, 4) is 0 Å². The van der Waals surface area contributed by atoms with Gasteiger partial charge >= 0.3 is 5.97 Å². The summed E-state index contributed by atoms with van der Waals surface area (Å²) in [5, 5.41) is 0. The Balaban J connectivity index is 2.01. The Morgan fingerprint density at radius 3 is 2.57 bits per heavy atom. The summed E-state index contributed by atoms with van der Waals surface area (Å²) < 4.78 is 6.64. The van der Waals surface area contributed by atoms with Crippen molar-refractivity contribution in [1.29, 1.82) is 0 Å². The van der Waals surface area contributed by atoms with Gasteiger partial charge in [-0.3, -0.25) is 9.78 Å². The lowest BCUT2D eigenvalue weighted by Crippen LogP contribution is -2.22. The second-order valence-corrected chi connectivity index (χ2v) is 4.70. The topological polar surface area (TPSA) is 74.1 Å². The molecule has 0 amide bonds. The van der Waals surface area contributed by atoms with Crippen LogP contribution in [0.4, 0.5) is 0 Å². The molecular weight excluding hydrogens is 270 g/mol. The number of hydrogen-bond donors (Lipinski definition) is 0. The van der Waals surface area contributed by atoms with Gasteiger partial charge in [0, 0.05) is 12.3 Å². The molecular formula is C15H17N3O3. The summed E-state index contributed by atoms with van der Waals surface area (Å²) in [4.78, 5) is 32.0. The molecule has 0 unspecified atom stereocenters. The zero-order valence-corrected chi connectivity index (χ0v) is 12.3. The van der Waals surface area contributed by atoms with Crippen LogP contribution >= 0.6 is 0 Å². The van der Waals surface area contributed by atoms with Gasteiger partial charge in [0.15, 0.2) is 5.69 Å². The Bertz CT molecular complexity index is 722. The van der Waals surface area contributed by atoms with Crippen LogP contribution in [-0.2, 0) is 11.3 Å². The molecule has 0 aliphatic heterocycles. The first kappa shape index (κ1) is 14.9. The molecule has 110 valence electrons. The maximum atomic E-state index is 12.0. The van der Waals surface area contributed by atoms with Gasteiger partial charge in [-0.05, 0) is 26.8 Å². The fourth-order valence-electron chi connectivity index (χ4n) is 1.86. The van der Waals surface area contributed by atoms with Crippen molar-refractivity contribution >= 4 is 5.97 Å². The molecule has 0 aliphatic rings. The Labute approximate surface area is 122 Å². The highest BCUT2D eigenvalue weighted by molar-refractivity contribution is 5.88. The van der Waals surface area contributed by atoms with Crippen molar-refractivity contribution in [2.24, 2.45) is 0 Å². The second kappa shape index (κ2) is 6.30. The van der Waals surface area contributed by atoms with E-state index in [1.165, 1.54) is 10.6 Å². The minimum absolute atomic E-state index is 0.108. The Morgan fingerprint density at radius 2 is 1.86 bits per heavy atom. The lowest BCUT2D eigenvalue weighted by molar-refractivity contribution is 0.0481. The summed E-state index contributed by atoms with van der Waals surface area (Å²) in [7, 11) is 0. The third-order valence-corrected chi connectivity index (χ3v) is 3.14. The Kier molecular flexibility index (Phi) is 4.47. The Morgan fingerprint density at radius 1 is 1.14 bits per heavy atom. The first-order valence-electron chi connectivity index (χ1n) is 6.63. The molecule has 0 saturated heterocycles. The average Bonchev–Trinajstić information content (AvgIpc) is 2.44. The predicted octanol–water partition coefficient (Wildman–Crippen LogP) is 1.42. The van der Waals surface area contributed by atoms with Crippen LogP contribution in [0.1, 0.15) is 27.6 Å². The lowest BCUT2D eigenvalue weighted by Gasteiger charge is -2.09. The number of hydrogen-bond acceptors (Lipinski definition) is 5. The van der Waals surface area contributed by atoms with Gasteiger partial charge < -0.3 is 9.30 Å². The second-order valence-electron chi connectivity index (χ2n) is 4.70. The van der Waals surface area contributed by atoms with Crippen molar-refractivity contribution in [2.75, 3.05) is 6.61 Å². The molecule has 2 rings (SSSR count). The van der Waals surface area contributed by atoms with Crippen molar-refractivity contribution in [2.45, 2.75) is 27.3 Å². The summed E-state index contributed by atoms with van der Waals surface area (Å²) in [5.41, 5.74) is 2.13. The smallest absolute Gasteiger partial charge is 0.358 e. The number of aryl methyl sites for hydroxylation is 3. The third-order valence-electron chi connectivity index (χ3n) is 3.14. The summed E-state index contributed by atoms with van der Waals surface area (Å²) >= 11 is 0. The van der Waals surface area contributed by atoms with Gasteiger partial charge in [0.1, 0.15) is 6.61 Å². The lowest BCUT2D eigenvalue weighted by atomic mass is 10.2. The van der Waals surface area contributed by atoms with Crippen LogP contribution in [0.5, 0.6) is 0 Å². The van der Waals surface area contributed by atoms with Crippen LogP contribution in [0.3, 0.4) is 0 Å². The molecule has 0 spiro atoms. The van der Waals surface area contributed by atoms with Crippen molar-refractivity contribution < 1.29 is 9.53 Å². The molecule has 6 nitrogen and oxygen atoms in total. The largest absolute Gasteiger partial charge is 0.459 e. The van der Waals surface area contributed by atoms with Crippen LogP contribution in [0, 0.1) is 20.8 Å². The predicted molar refractivity (Wildman–Crippen MR) is 77.2 cm³/mol. The van der Waals surface area contributed by atoms with Gasteiger partial charge in [0.25, 0.3) is 5.56 Å². The molecule has 6 heteroatoms. The Hall–Kier alpha value is -2.50. The number of carbonyl (C=O) groups is 1. The van der Waals surface area contributed by atoms with E-state index in [9.17, 15) is 9.59 Å². The maximum Gasteiger partial charge on any atom is 0.358 e. The molecule has 0 N–H and O–H groups in total. The van der Waals surface area contributed by atoms with Crippen LogP contribution in [-0.4, -0.2) is 27.1 Å². The zero-order chi connectivity index (χ0) is 15.4. The normalized spacial score (nSPS) is 10.4. The highest BCUT2D eigenvalue weighted by atomic mass is 16.5. The highest BCUT2D eigenvalue weighted by Crippen LogP contribution is 2.08. The molecule has 2 aromatic rings. The number of rotatable bonds is 4. The van der Waals surface area contributed by atoms with E-state index in [-0.39, 0.29) is 17.9 Å². The number of ether oxygens (including phenoxy) is 1. The van der Waals surface area contributed by atoms with Crippen molar-refractivity contribution in [1.82, 2.24) is 14.5 Å². The first-order valence-corrected chi connectivity index (χ1v) is 6.63. The number of nitrogens with zero attached hydrogens (tertiary/aromatic N) is 3. The fourth-order valence-corrected chi connectivity index (χ4v) is 1.86. The number of carbonyl (C=O) groups excluding carboxylic acids is 1. The third kappa shape index (κ3) is 3.53. The first-order chi connectivity index (χ1) is 9.99. The summed E-state index contributed by atoms with van der Waals surface area (Å²) in [5.74, 6) is -0.521. The van der Waals surface area contributed by atoms with E-state index in [0.29, 0.717) is 17.9 Å². The summed E-state index contributed by atoms with van der Waals surface area (Å²) in [6, 6.07) is 4.88. The molecule has 2 aromatic heterocycles. The molecule has 0 bridgehead atoms. The van der Waals surface area contributed by atoms with Crippen molar-refractivity contribution in [3.05, 3.63) is 57.5 Å². The average molecular weight is 287 g/mol. The number of pyridine rings is 1. The van der Waals surface area contributed by atoms with Crippen LogP contribution in [0.25, 0.3) is 0 Å². The van der Waals surface area contributed by atoms with Gasteiger partial charge in [0.05, 0.1) is 23.6 Å². The van der Waals surface area contributed by atoms with Gasteiger partial charge in [-0.2, -0.15) is 0 Å². The molecule has 2 heterocycles. The molecule has 0 aromatic carbocycles. The SMILES string of the molecule is Cc1nc(C)c(C(=O)OCCn2ccccc2=O)nc1C. The summed E-state index contributed by atoms with van der Waals surface area (Å²) in [6.45, 7) is 5.77. The minimum atomic E-state index is -0.521. The van der Waals surface area contributed by atoms with E-state index < -0.39 is 5.97 Å². The number of esters is 1. The van der Waals surface area contributed by atoms with Gasteiger partial charge in [0.2, 0.25) is 0 Å². The summed E-state index contributed by atoms with van der Waals surface area (Å²) in [6.07, 6.45) is 1.65. The van der Waals surface area contributed by atoms with Crippen molar-refractivity contribution in [3.63, 3.8) is 0 Å². The number of aromatic nitrogens is 3. The molecule has 0 atom stereocenters. The van der Waals surface area contributed by atoms with E-state index >= 15 is 0 Å². The maximum absolute atomic E-state index is 12.0. The monoisotopic (exact) mass is 287 g/mol. The van der Waals surface area contributed by atoms with Crippen LogP contribution in [0.15, 0.2) is 29.2 Å². The zero-order valence-electron chi connectivity index (χ0n) is 12.3. The molecule has 0 radical (unpaired) electrons. The van der Waals surface area contributed by atoms with E-state index in [0.717, 1.165) is 5.69 Å². The fraction of sp³-hybridized carbons (Fsp3) is 0.333. The van der Waals surface area contributed by atoms with E-state index in [4.69, 9.17) is 4.74 Å². The van der Waals surface area contributed by atoms with Crippen LogP contribution in [0.2, 0.25) is 0 Å². The molecule has 0 fully saturated rings. The molecule has 0 saturated carbocycles. The molecule has 0 aliphatic carbocycles. The van der Waals surface area contributed by atoms with E-state index in [1.54, 1.807) is 32.2 Å². The van der Waals surface area contributed by atoms with E-state index in [1.807, 2.05) is 6.92 Å². The highest BCUT2D eigenvalue weighted by Gasteiger charge is 2.15. The minimum Gasteiger partial charge on any atom is -0.459 e. The standard InChI is InChI=1S/C15H17N3O3/c1-10-11(2)17-14(12(3)16-10)15(20)21-9-8-18-7-5-4-6-13(18)19/h4-7H,8-9H2,1-3H3.